The number of anilines is 1. The zero-order chi connectivity index (χ0) is 21.5. The lowest BCUT2D eigenvalue weighted by atomic mass is 10.00. The molecule has 166 valence electrons. The SMILES string of the molecule is CCC1CCCCN1CCCNC(=O)c1ccc2c(c1)N(Cc1ccccc1)CCS2. The van der Waals surface area contributed by atoms with E-state index in [-0.39, 0.29) is 5.91 Å². The standard InChI is InChI=1S/C26H35N3OS/c1-2-23-11-6-7-15-28(23)16-8-14-27-26(30)22-12-13-25-24(19-22)29(17-18-31-25)20-21-9-4-3-5-10-21/h3-5,9-10,12-13,19,23H,2,6-8,11,14-18,20H2,1H3,(H,27,30). The van der Waals surface area contributed by atoms with Crippen molar-refractivity contribution in [1.82, 2.24) is 10.2 Å². The maximum Gasteiger partial charge on any atom is 0.251 e. The Labute approximate surface area is 191 Å². The van der Waals surface area contributed by atoms with Gasteiger partial charge < -0.3 is 15.1 Å². The molecule has 2 aliphatic rings. The highest BCUT2D eigenvalue weighted by molar-refractivity contribution is 7.99. The molecule has 1 atom stereocenters. The molecule has 2 aromatic rings. The van der Waals surface area contributed by atoms with Crippen molar-refractivity contribution >= 4 is 23.4 Å². The van der Waals surface area contributed by atoms with Gasteiger partial charge in [-0.15, -0.1) is 11.8 Å². The second kappa shape index (κ2) is 11.1. The van der Waals surface area contributed by atoms with Gasteiger partial charge in [0.1, 0.15) is 0 Å². The highest BCUT2D eigenvalue weighted by atomic mass is 32.2. The highest BCUT2D eigenvalue weighted by Gasteiger charge is 2.21. The van der Waals surface area contributed by atoms with Gasteiger partial charge in [0.25, 0.3) is 5.91 Å². The van der Waals surface area contributed by atoms with Gasteiger partial charge in [-0.1, -0.05) is 43.7 Å². The third kappa shape index (κ3) is 5.83. The Morgan fingerprint density at radius 2 is 2.00 bits per heavy atom. The molecule has 1 unspecified atom stereocenters. The first-order valence-electron chi connectivity index (χ1n) is 11.8. The molecule has 0 bridgehead atoms. The Balaban J connectivity index is 1.33. The summed E-state index contributed by atoms with van der Waals surface area (Å²) in [5.74, 6) is 1.13. The molecular formula is C26H35N3OS. The second-order valence-electron chi connectivity index (χ2n) is 8.64. The zero-order valence-electron chi connectivity index (χ0n) is 18.7. The summed E-state index contributed by atoms with van der Waals surface area (Å²) in [6.07, 6.45) is 6.26. The van der Waals surface area contributed by atoms with Crippen molar-refractivity contribution < 1.29 is 4.79 Å². The van der Waals surface area contributed by atoms with E-state index in [1.165, 1.54) is 48.4 Å². The average Bonchev–Trinajstić information content (AvgIpc) is 2.82. The van der Waals surface area contributed by atoms with Gasteiger partial charge in [0, 0.05) is 48.4 Å². The van der Waals surface area contributed by atoms with Crippen molar-refractivity contribution in [2.45, 2.75) is 56.5 Å². The van der Waals surface area contributed by atoms with Crippen LogP contribution in [0, 0.1) is 0 Å². The summed E-state index contributed by atoms with van der Waals surface area (Å²) in [5, 5.41) is 3.15. The highest BCUT2D eigenvalue weighted by Crippen LogP contribution is 2.36. The van der Waals surface area contributed by atoms with E-state index in [0.29, 0.717) is 0 Å². The molecule has 2 aliphatic heterocycles. The smallest absolute Gasteiger partial charge is 0.251 e. The van der Waals surface area contributed by atoms with Crippen LogP contribution in [0.2, 0.25) is 0 Å². The summed E-state index contributed by atoms with van der Waals surface area (Å²) in [5.41, 5.74) is 3.26. The molecule has 1 fully saturated rings. The maximum atomic E-state index is 12.8. The number of nitrogens with zero attached hydrogens (tertiary/aromatic N) is 2. The molecular weight excluding hydrogens is 402 g/mol. The van der Waals surface area contributed by atoms with Crippen molar-refractivity contribution in [3.8, 4) is 0 Å². The van der Waals surface area contributed by atoms with Gasteiger partial charge in [-0.25, -0.2) is 0 Å². The first kappa shape index (κ1) is 22.2. The van der Waals surface area contributed by atoms with Gasteiger partial charge in [-0.2, -0.15) is 0 Å². The fourth-order valence-electron chi connectivity index (χ4n) is 4.78. The van der Waals surface area contributed by atoms with Crippen LogP contribution in [0.3, 0.4) is 0 Å². The van der Waals surface area contributed by atoms with Crippen molar-refractivity contribution in [2.24, 2.45) is 0 Å². The van der Waals surface area contributed by atoms with Gasteiger partial charge >= 0.3 is 0 Å². The van der Waals surface area contributed by atoms with Crippen LogP contribution < -0.4 is 10.2 Å². The van der Waals surface area contributed by atoms with Gasteiger partial charge in [-0.05, 0) is 56.0 Å². The number of fused-ring (bicyclic) bond motifs is 1. The summed E-state index contributed by atoms with van der Waals surface area (Å²) in [6.45, 7) is 7.22. The molecule has 5 heteroatoms. The molecule has 2 aromatic carbocycles. The van der Waals surface area contributed by atoms with Crippen LogP contribution in [0.5, 0.6) is 0 Å². The fraction of sp³-hybridized carbons (Fsp3) is 0.500. The second-order valence-corrected chi connectivity index (χ2v) is 9.78. The molecule has 4 nitrogen and oxygen atoms in total. The molecule has 0 radical (unpaired) electrons. The van der Waals surface area contributed by atoms with Crippen LogP contribution in [-0.4, -0.2) is 48.8 Å². The van der Waals surface area contributed by atoms with Crippen LogP contribution in [-0.2, 0) is 6.54 Å². The van der Waals surface area contributed by atoms with Crippen LogP contribution >= 0.6 is 11.8 Å². The first-order chi connectivity index (χ1) is 15.2. The molecule has 0 saturated carbocycles. The average molecular weight is 438 g/mol. The first-order valence-corrected chi connectivity index (χ1v) is 12.8. The molecule has 0 aliphatic carbocycles. The van der Waals surface area contributed by atoms with Crippen molar-refractivity contribution in [2.75, 3.05) is 36.8 Å². The molecule has 1 amide bonds. The van der Waals surface area contributed by atoms with Crippen LogP contribution in [0.4, 0.5) is 5.69 Å². The lowest BCUT2D eigenvalue weighted by Gasteiger charge is -2.35. The normalized spacial score (nSPS) is 19.1. The van der Waals surface area contributed by atoms with E-state index in [4.69, 9.17) is 0 Å². The van der Waals surface area contributed by atoms with E-state index < -0.39 is 0 Å². The topological polar surface area (TPSA) is 35.6 Å². The third-order valence-corrected chi connectivity index (χ3v) is 7.57. The molecule has 0 aromatic heterocycles. The summed E-state index contributed by atoms with van der Waals surface area (Å²) < 4.78 is 0. The van der Waals surface area contributed by atoms with Crippen LogP contribution in [0.1, 0.15) is 54.9 Å². The number of nitrogens with one attached hydrogen (secondary N) is 1. The Hall–Kier alpha value is -1.98. The number of benzene rings is 2. The molecule has 0 spiro atoms. The number of thioether (sulfide) groups is 1. The number of rotatable bonds is 8. The van der Waals surface area contributed by atoms with E-state index >= 15 is 0 Å². The number of hydrogen-bond donors (Lipinski definition) is 1. The van der Waals surface area contributed by atoms with E-state index in [0.717, 1.165) is 50.0 Å². The van der Waals surface area contributed by atoms with Gasteiger partial charge in [0.15, 0.2) is 0 Å². The maximum absolute atomic E-state index is 12.8. The van der Waals surface area contributed by atoms with Gasteiger partial charge in [0.05, 0.1) is 5.69 Å². The largest absolute Gasteiger partial charge is 0.365 e. The number of likely N-dealkylation sites (tertiary alicyclic amines) is 1. The number of amides is 1. The summed E-state index contributed by atoms with van der Waals surface area (Å²) in [6, 6.07) is 17.5. The fourth-order valence-corrected chi connectivity index (χ4v) is 5.82. The molecule has 1 saturated heterocycles. The predicted octanol–water partition coefficient (Wildman–Crippen LogP) is 5.18. The predicted molar refractivity (Wildman–Crippen MR) is 131 cm³/mol. The van der Waals surface area contributed by atoms with E-state index in [9.17, 15) is 4.79 Å². The minimum atomic E-state index is 0.0451. The Kier molecular flexibility index (Phi) is 7.92. The summed E-state index contributed by atoms with van der Waals surface area (Å²) in [7, 11) is 0. The monoisotopic (exact) mass is 437 g/mol. The molecule has 1 N–H and O–H groups in total. The molecule has 4 rings (SSSR count). The minimum absolute atomic E-state index is 0.0451. The Morgan fingerprint density at radius 3 is 2.84 bits per heavy atom. The molecule has 31 heavy (non-hydrogen) atoms. The number of piperidine rings is 1. The summed E-state index contributed by atoms with van der Waals surface area (Å²) in [4.78, 5) is 19.1. The number of carbonyl (C=O) groups is 1. The third-order valence-electron chi connectivity index (χ3n) is 6.52. The summed E-state index contributed by atoms with van der Waals surface area (Å²) >= 11 is 1.88. The lowest BCUT2D eigenvalue weighted by molar-refractivity contribution is 0.0947. The molecule has 2 heterocycles. The van der Waals surface area contributed by atoms with E-state index in [2.05, 4.69) is 64.5 Å². The van der Waals surface area contributed by atoms with Crippen LogP contribution in [0.25, 0.3) is 0 Å². The van der Waals surface area contributed by atoms with Crippen molar-refractivity contribution in [3.05, 3.63) is 59.7 Å². The number of hydrogen-bond acceptors (Lipinski definition) is 4. The number of carbonyl (C=O) groups excluding carboxylic acids is 1. The van der Waals surface area contributed by atoms with Crippen LogP contribution in [0.15, 0.2) is 53.4 Å². The lowest BCUT2D eigenvalue weighted by Crippen LogP contribution is -2.40. The zero-order valence-corrected chi connectivity index (χ0v) is 19.5. The van der Waals surface area contributed by atoms with E-state index in [1.54, 1.807) is 0 Å². The minimum Gasteiger partial charge on any atom is -0.365 e. The van der Waals surface area contributed by atoms with Crippen molar-refractivity contribution in [1.29, 1.82) is 0 Å². The quantitative estimate of drug-likeness (QED) is 0.577. The van der Waals surface area contributed by atoms with Gasteiger partial charge in [0.2, 0.25) is 0 Å². The van der Waals surface area contributed by atoms with Crippen molar-refractivity contribution in [3.63, 3.8) is 0 Å². The van der Waals surface area contributed by atoms with Gasteiger partial charge in [-0.3, -0.25) is 4.79 Å². The van der Waals surface area contributed by atoms with E-state index in [1.807, 2.05) is 17.8 Å². The Bertz CT molecular complexity index is 857. The Morgan fingerprint density at radius 1 is 1.13 bits per heavy atom.